The molecule has 3 amide bonds. The summed E-state index contributed by atoms with van der Waals surface area (Å²) in [6.07, 6.45) is 7.10. The normalized spacial score (nSPS) is 25.0. The van der Waals surface area contributed by atoms with E-state index in [1.54, 1.807) is 0 Å². The van der Waals surface area contributed by atoms with E-state index >= 15 is 0 Å². The SMILES string of the molecule is NC(CSC1CC(=O)N(CC2CCC(C(=O)NCCCCCCO)CC2)C1=O)C(=O)P. The summed E-state index contributed by atoms with van der Waals surface area (Å²) in [5.74, 6) is 0.323. The standard InChI is InChI=1S/C21H36N3O5PS/c22-16(21(29)30)13-31-17-11-18(26)24(20(17)28)12-14-5-7-15(8-6-14)19(27)23-9-3-1-2-4-10-25/h14-17,25H,1-13,22,30H2,(H,23,27). The highest BCUT2D eigenvalue weighted by molar-refractivity contribution is 8.00. The maximum Gasteiger partial charge on any atom is 0.242 e. The van der Waals surface area contributed by atoms with Gasteiger partial charge in [0.15, 0.2) is 5.52 Å². The number of rotatable bonds is 13. The fraction of sp³-hybridized carbons (Fsp3) is 0.810. The van der Waals surface area contributed by atoms with Crippen LogP contribution in [-0.2, 0) is 19.2 Å². The van der Waals surface area contributed by atoms with Crippen LogP contribution in [0, 0.1) is 11.8 Å². The number of likely N-dealkylation sites (tertiary alicyclic amines) is 1. The van der Waals surface area contributed by atoms with Crippen molar-refractivity contribution < 1.29 is 24.3 Å². The molecule has 176 valence electrons. The first kappa shape index (κ1) is 26.2. The van der Waals surface area contributed by atoms with Crippen LogP contribution >= 0.6 is 21.0 Å². The number of unbranched alkanes of at least 4 members (excludes halogenated alkanes) is 3. The number of nitrogens with one attached hydrogen (secondary N) is 1. The molecular weight excluding hydrogens is 437 g/mol. The van der Waals surface area contributed by atoms with Crippen molar-refractivity contribution in [1.82, 2.24) is 10.2 Å². The molecule has 0 aromatic carbocycles. The summed E-state index contributed by atoms with van der Waals surface area (Å²) in [6, 6.07) is -0.645. The van der Waals surface area contributed by atoms with Crippen LogP contribution < -0.4 is 11.1 Å². The highest BCUT2D eigenvalue weighted by Crippen LogP contribution is 2.32. The van der Waals surface area contributed by atoms with Gasteiger partial charge < -0.3 is 16.2 Å². The molecule has 2 rings (SSSR count). The van der Waals surface area contributed by atoms with Gasteiger partial charge in [-0.2, -0.15) is 0 Å². The number of hydrogen-bond acceptors (Lipinski definition) is 7. The Hall–Kier alpha value is -1.02. The molecule has 3 unspecified atom stereocenters. The smallest absolute Gasteiger partial charge is 0.242 e. The van der Waals surface area contributed by atoms with Crippen molar-refractivity contribution in [3.63, 3.8) is 0 Å². The predicted molar refractivity (Wildman–Crippen MR) is 124 cm³/mol. The number of nitrogens with two attached hydrogens (primary N) is 1. The summed E-state index contributed by atoms with van der Waals surface area (Å²) >= 11 is 1.28. The zero-order valence-corrected chi connectivity index (χ0v) is 20.1. The van der Waals surface area contributed by atoms with Crippen LogP contribution in [0.1, 0.15) is 57.8 Å². The molecular formula is C21H36N3O5PS. The van der Waals surface area contributed by atoms with Crippen LogP contribution in [0.25, 0.3) is 0 Å². The summed E-state index contributed by atoms with van der Waals surface area (Å²) in [4.78, 5) is 49.9. The quantitative estimate of drug-likeness (QED) is 0.207. The monoisotopic (exact) mass is 473 g/mol. The van der Waals surface area contributed by atoms with E-state index in [0.717, 1.165) is 51.4 Å². The van der Waals surface area contributed by atoms with Crippen LogP contribution in [-0.4, -0.2) is 70.0 Å². The Morgan fingerprint density at radius 1 is 1.16 bits per heavy atom. The van der Waals surface area contributed by atoms with Gasteiger partial charge in [0.2, 0.25) is 17.7 Å². The van der Waals surface area contributed by atoms with Gasteiger partial charge in [0.05, 0.1) is 11.3 Å². The van der Waals surface area contributed by atoms with Gasteiger partial charge in [-0.1, -0.05) is 22.1 Å². The maximum atomic E-state index is 12.6. The van der Waals surface area contributed by atoms with Crippen LogP contribution in [0.15, 0.2) is 0 Å². The van der Waals surface area contributed by atoms with Gasteiger partial charge in [-0.05, 0) is 44.4 Å². The van der Waals surface area contributed by atoms with E-state index in [9.17, 15) is 19.2 Å². The largest absolute Gasteiger partial charge is 0.396 e. The van der Waals surface area contributed by atoms with Gasteiger partial charge in [-0.25, -0.2) is 0 Å². The first-order chi connectivity index (χ1) is 14.8. The Bertz CT molecular complexity index is 643. The molecule has 8 nitrogen and oxygen atoms in total. The number of nitrogens with zero attached hydrogens (tertiary/aromatic N) is 1. The van der Waals surface area contributed by atoms with Crippen molar-refractivity contribution >= 4 is 44.2 Å². The lowest BCUT2D eigenvalue weighted by Gasteiger charge is -2.30. The minimum Gasteiger partial charge on any atom is -0.396 e. The van der Waals surface area contributed by atoms with Crippen molar-refractivity contribution in [3.05, 3.63) is 0 Å². The molecule has 31 heavy (non-hydrogen) atoms. The molecule has 1 heterocycles. The highest BCUT2D eigenvalue weighted by atomic mass is 32.2. The summed E-state index contributed by atoms with van der Waals surface area (Å²) in [7, 11) is 2.04. The molecule has 0 radical (unpaired) electrons. The van der Waals surface area contributed by atoms with E-state index < -0.39 is 11.3 Å². The lowest BCUT2D eigenvalue weighted by molar-refractivity contribution is -0.139. The van der Waals surface area contributed by atoms with Crippen LogP contribution in [0.3, 0.4) is 0 Å². The second-order valence-corrected chi connectivity index (χ2v) is 10.3. The predicted octanol–water partition coefficient (Wildman–Crippen LogP) is 1.05. The van der Waals surface area contributed by atoms with Gasteiger partial charge in [-0.3, -0.25) is 24.1 Å². The molecule has 4 N–H and O–H groups in total. The Labute approximate surface area is 191 Å². The van der Waals surface area contributed by atoms with Crippen molar-refractivity contribution in [1.29, 1.82) is 0 Å². The van der Waals surface area contributed by atoms with Crippen LogP contribution in [0.2, 0.25) is 0 Å². The highest BCUT2D eigenvalue weighted by Gasteiger charge is 2.40. The van der Waals surface area contributed by atoms with Gasteiger partial charge >= 0.3 is 0 Å². The van der Waals surface area contributed by atoms with Crippen molar-refractivity contribution in [3.8, 4) is 0 Å². The molecule has 0 aromatic rings. The van der Waals surface area contributed by atoms with Crippen LogP contribution in [0.5, 0.6) is 0 Å². The molecule has 0 spiro atoms. The van der Waals surface area contributed by atoms with Crippen LogP contribution in [0.4, 0.5) is 0 Å². The molecule has 0 aromatic heterocycles. The Morgan fingerprint density at radius 2 is 1.84 bits per heavy atom. The molecule has 0 bridgehead atoms. The Kier molecular flexibility index (Phi) is 11.4. The Balaban J connectivity index is 1.68. The molecule has 1 aliphatic carbocycles. The molecule has 1 saturated carbocycles. The number of carbonyl (C=O) groups is 4. The molecule has 1 saturated heterocycles. The summed E-state index contributed by atoms with van der Waals surface area (Å²) in [5.41, 5.74) is 5.51. The van der Waals surface area contributed by atoms with Crippen molar-refractivity contribution in [2.45, 2.75) is 69.1 Å². The average Bonchev–Trinajstić information content (AvgIpc) is 3.02. The number of thioether (sulfide) groups is 1. The fourth-order valence-corrected chi connectivity index (χ4v) is 5.51. The second-order valence-electron chi connectivity index (χ2n) is 8.52. The molecule has 2 aliphatic rings. The molecule has 10 heteroatoms. The number of aliphatic hydroxyl groups is 1. The van der Waals surface area contributed by atoms with Gasteiger partial charge in [0.1, 0.15) is 0 Å². The van der Waals surface area contributed by atoms with Gasteiger partial charge in [-0.15, -0.1) is 11.8 Å². The van der Waals surface area contributed by atoms with E-state index in [0.29, 0.717) is 18.8 Å². The van der Waals surface area contributed by atoms with Gasteiger partial charge in [0, 0.05) is 37.8 Å². The number of aliphatic hydroxyl groups excluding tert-OH is 1. The Morgan fingerprint density at radius 3 is 2.48 bits per heavy atom. The topological polar surface area (TPSA) is 130 Å². The average molecular weight is 474 g/mol. The second kappa shape index (κ2) is 13.5. The minimum atomic E-state index is -0.645. The first-order valence-electron chi connectivity index (χ1n) is 11.2. The third-order valence-corrected chi connectivity index (χ3v) is 7.84. The number of carbonyl (C=O) groups excluding carboxylic acids is 4. The fourth-order valence-electron chi connectivity index (χ4n) is 4.09. The van der Waals surface area contributed by atoms with Crippen molar-refractivity contribution in [2.75, 3.05) is 25.4 Å². The number of imide groups is 1. The zero-order chi connectivity index (χ0) is 22.8. The summed E-state index contributed by atoms with van der Waals surface area (Å²) in [6.45, 7) is 1.31. The lowest BCUT2D eigenvalue weighted by Crippen LogP contribution is -2.39. The molecule has 2 fully saturated rings. The molecule has 1 aliphatic heterocycles. The van der Waals surface area contributed by atoms with E-state index in [2.05, 4.69) is 5.32 Å². The lowest BCUT2D eigenvalue weighted by atomic mass is 9.81. The molecule has 3 atom stereocenters. The maximum absolute atomic E-state index is 12.6. The van der Waals surface area contributed by atoms with E-state index in [1.807, 2.05) is 9.24 Å². The third-order valence-electron chi connectivity index (χ3n) is 6.09. The minimum absolute atomic E-state index is 0.00733. The first-order valence-corrected chi connectivity index (χ1v) is 12.8. The number of amides is 3. The third kappa shape index (κ3) is 8.44. The van der Waals surface area contributed by atoms with E-state index in [4.69, 9.17) is 10.8 Å². The van der Waals surface area contributed by atoms with E-state index in [-0.39, 0.29) is 48.1 Å². The van der Waals surface area contributed by atoms with E-state index in [1.165, 1.54) is 16.7 Å². The van der Waals surface area contributed by atoms with Crippen molar-refractivity contribution in [2.24, 2.45) is 17.6 Å². The zero-order valence-electron chi connectivity index (χ0n) is 18.1. The van der Waals surface area contributed by atoms with Gasteiger partial charge in [0.25, 0.3) is 0 Å². The summed E-state index contributed by atoms with van der Waals surface area (Å²) in [5, 5.41) is 11.3. The summed E-state index contributed by atoms with van der Waals surface area (Å²) < 4.78 is 0. The number of hydrogen-bond donors (Lipinski definition) is 3.